The van der Waals surface area contributed by atoms with Crippen molar-refractivity contribution in [2.75, 3.05) is 11.9 Å². The molecule has 0 spiro atoms. The summed E-state index contributed by atoms with van der Waals surface area (Å²) in [6.07, 6.45) is 0. The van der Waals surface area contributed by atoms with Crippen molar-refractivity contribution in [3.05, 3.63) is 35.4 Å². The van der Waals surface area contributed by atoms with Gasteiger partial charge in [0.1, 0.15) is 0 Å². The lowest BCUT2D eigenvalue weighted by Gasteiger charge is -2.18. The first-order valence-corrected chi connectivity index (χ1v) is 6.27. The minimum absolute atomic E-state index is 0.740. The molecule has 0 fully saturated rings. The Balaban J connectivity index is 1.98. The van der Waals surface area contributed by atoms with E-state index in [1.807, 2.05) is 0 Å². The van der Waals surface area contributed by atoms with Gasteiger partial charge in [-0.1, -0.05) is 47.1 Å². The maximum atomic E-state index is 3.53. The lowest BCUT2D eigenvalue weighted by Crippen LogP contribution is -2.23. The zero-order chi connectivity index (χ0) is 9.97. The first-order valence-electron chi connectivity index (χ1n) is 5.14. The Hall–Kier alpha value is -0.340. The van der Waals surface area contributed by atoms with Crippen LogP contribution in [0.15, 0.2) is 24.3 Å². The topological polar surface area (TPSA) is 3.24 Å². The molecule has 1 aromatic carbocycles. The Kier molecular flexibility index (Phi) is 3.24. The molecule has 0 saturated carbocycles. The molecule has 76 valence electrons. The van der Waals surface area contributed by atoms with Gasteiger partial charge in [-0.3, -0.25) is 4.90 Å². The summed E-state index contributed by atoms with van der Waals surface area (Å²) >= 11 is 3.53. The van der Waals surface area contributed by atoms with E-state index in [0.29, 0.717) is 0 Å². The van der Waals surface area contributed by atoms with E-state index in [0.717, 1.165) is 24.3 Å². The number of halogens is 1. The highest BCUT2D eigenvalue weighted by Crippen LogP contribution is 2.23. The van der Waals surface area contributed by atoms with Crippen LogP contribution in [0, 0.1) is 5.92 Å². The molecule has 1 aromatic rings. The molecule has 0 radical (unpaired) electrons. The Labute approximate surface area is 94.2 Å². The normalized spacial score (nSPS) is 18.1. The Bertz CT molecular complexity index is 286. The van der Waals surface area contributed by atoms with Crippen LogP contribution in [-0.4, -0.2) is 16.8 Å². The average Bonchev–Trinajstić information content (AvgIpc) is 2.59. The maximum Gasteiger partial charge on any atom is 0.0240 e. The molecule has 0 bridgehead atoms. The molecule has 1 nitrogen and oxygen atoms in total. The van der Waals surface area contributed by atoms with E-state index >= 15 is 0 Å². The second kappa shape index (κ2) is 4.45. The van der Waals surface area contributed by atoms with Gasteiger partial charge in [-0.15, -0.1) is 0 Å². The summed E-state index contributed by atoms with van der Waals surface area (Å²) in [5, 5.41) is 1.10. The van der Waals surface area contributed by atoms with Crippen LogP contribution >= 0.6 is 15.9 Å². The third-order valence-electron chi connectivity index (χ3n) is 2.74. The van der Waals surface area contributed by atoms with Crippen molar-refractivity contribution in [2.24, 2.45) is 5.92 Å². The Morgan fingerprint density at radius 2 is 1.86 bits per heavy atom. The monoisotopic (exact) mass is 253 g/mol. The van der Waals surface area contributed by atoms with E-state index < -0.39 is 0 Å². The summed E-state index contributed by atoms with van der Waals surface area (Å²) in [5.41, 5.74) is 3.02. The van der Waals surface area contributed by atoms with Gasteiger partial charge in [0.15, 0.2) is 0 Å². The fourth-order valence-electron chi connectivity index (χ4n) is 2.02. The predicted molar refractivity (Wildman–Crippen MR) is 63.5 cm³/mol. The van der Waals surface area contributed by atoms with Crippen LogP contribution < -0.4 is 0 Å². The van der Waals surface area contributed by atoms with E-state index in [9.17, 15) is 0 Å². The molecule has 1 heterocycles. The summed E-state index contributed by atoms with van der Waals surface area (Å²) in [6.45, 7) is 5.75. The van der Waals surface area contributed by atoms with Gasteiger partial charge in [-0.25, -0.2) is 0 Å². The molecule has 1 aliphatic rings. The zero-order valence-corrected chi connectivity index (χ0v) is 10.1. The zero-order valence-electron chi connectivity index (χ0n) is 8.54. The van der Waals surface area contributed by atoms with Crippen molar-refractivity contribution in [2.45, 2.75) is 20.0 Å². The summed E-state index contributed by atoms with van der Waals surface area (Å²) in [4.78, 5) is 2.52. The number of nitrogens with zero attached hydrogens (tertiary/aromatic N) is 1. The maximum absolute atomic E-state index is 3.53. The van der Waals surface area contributed by atoms with E-state index in [-0.39, 0.29) is 0 Å². The summed E-state index contributed by atoms with van der Waals surface area (Å²) in [5.74, 6) is 0.740. The van der Waals surface area contributed by atoms with E-state index in [2.05, 4.69) is 52.0 Å². The fraction of sp³-hybridized carbons (Fsp3) is 0.500. The lowest BCUT2D eigenvalue weighted by molar-refractivity contribution is 0.253. The molecule has 1 atom stereocenters. The summed E-state index contributed by atoms with van der Waals surface area (Å²) in [6, 6.07) is 8.76. The number of fused-ring (bicyclic) bond motifs is 1. The van der Waals surface area contributed by atoms with Crippen molar-refractivity contribution in [3.8, 4) is 0 Å². The second-order valence-electron chi connectivity index (χ2n) is 4.20. The van der Waals surface area contributed by atoms with Gasteiger partial charge in [0.05, 0.1) is 0 Å². The highest BCUT2D eigenvalue weighted by Gasteiger charge is 2.19. The Morgan fingerprint density at radius 1 is 1.29 bits per heavy atom. The smallest absolute Gasteiger partial charge is 0.0240 e. The van der Waals surface area contributed by atoms with Crippen molar-refractivity contribution < 1.29 is 0 Å². The minimum atomic E-state index is 0.740. The number of hydrogen-bond acceptors (Lipinski definition) is 1. The van der Waals surface area contributed by atoms with Crippen LogP contribution in [-0.2, 0) is 13.1 Å². The molecule has 0 N–H and O–H groups in total. The molecule has 1 unspecified atom stereocenters. The molecule has 2 heteroatoms. The standard InChI is InChI=1S/C12H16BrN/c1-10(6-13)7-14-8-11-4-2-3-5-12(11)9-14/h2-5,10H,6-9H2,1H3. The third kappa shape index (κ3) is 2.18. The van der Waals surface area contributed by atoms with Gasteiger partial charge in [0, 0.05) is 25.0 Å². The average molecular weight is 254 g/mol. The lowest BCUT2D eigenvalue weighted by atomic mass is 10.1. The summed E-state index contributed by atoms with van der Waals surface area (Å²) in [7, 11) is 0. The molecule has 14 heavy (non-hydrogen) atoms. The number of benzene rings is 1. The molecule has 0 amide bonds. The molecule has 0 aliphatic carbocycles. The SMILES string of the molecule is CC(CBr)CN1Cc2ccccc2C1. The number of hydrogen-bond donors (Lipinski definition) is 0. The van der Waals surface area contributed by atoms with Crippen LogP contribution in [0.4, 0.5) is 0 Å². The van der Waals surface area contributed by atoms with Gasteiger partial charge >= 0.3 is 0 Å². The minimum Gasteiger partial charge on any atom is -0.295 e. The highest BCUT2D eigenvalue weighted by atomic mass is 79.9. The van der Waals surface area contributed by atoms with Crippen molar-refractivity contribution >= 4 is 15.9 Å². The Morgan fingerprint density at radius 3 is 2.36 bits per heavy atom. The number of alkyl halides is 1. The van der Waals surface area contributed by atoms with Crippen molar-refractivity contribution in [1.29, 1.82) is 0 Å². The van der Waals surface area contributed by atoms with Gasteiger partial charge in [0.2, 0.25) is 0 Å². The molecule has 0 saturated heterocycles. The van der Waals surface area contributed by atoms with Gasteiger partial charge < -0.3 is 0 Å². The predicted octanol–water partition coefficient (Wildman–Crippen LogP) is 3.03. The number of rotatable bonds is 3. The second-order valence-corrected chi connectivity index (χ2v) is 4.85. The highest BCUT2D eigenvalue weighted by molar-refractivity contribution is 9.09. The molecular weight excluding hydrogens is 238 g/mol. The van der Waals surface area contributed by atoms with Crippen LogP contribution in [0.1, 0.15) is 18.1 Å². The van der Waals surface area contributed by atoms with Gasteiger partial charge in [-0.2, -0.15) is 0 Å². The van der Waals surface area contributed by atoms with Crippen molar-refractivity contribution in [3.63, 3.8) is 0 Å². The molecule has 2 rings (SSSR count). The first-order chi connectivity index (χ1) is 6.79. The summed E-state index contributed by atoms with van der Waals surface area (Å²) < 4.78 is 0. The van der Waals surface area contributed by atoms with Crippen LogP contribution in [0.2, 0.25) is 0 Å². The quantitative estimate of drug-likeness (QED) is 0.749. The van der Waals surface area contributed by atoms with Gasteiger partial charge in [-0.05, 0) is 17.0 Å². The molecular formula is C12H16BrN. The largest absolute Gasteiger partial charge is 0.295 e. The first kappa shape index (κ1) is 10.2. The third-order valence-corrected chi connectivity index (χ3v) is 3.84. The molecule has 1 aliphatic heterocycles. The van der Waals surface area contributed by atoms with Crippen LogP contribution in [0.25, 0.3) is 0 Å². The van der Waals surface area contributed by atoms with Crippen LogP contribution in [0.5, 0.6) is 0 Å². The van der Waals surface area contributed by atoms with Crippen molar-refractivity contribution in [1.82, 2.24) is 4.90 Å². The van der Waals surface area contributed by atoms with Crippen LogP contribution in [0.3, 0.4) is 0 Å². The van der Waals surface area contributed by atoms with E-state index in [1.165, 1.54) is 17.7 Å². The molecule has 0 aromatic heterocycles. The van der Waals surface area contributed by atoms with E-state index in [4.69, 9.17) is 0 Å². The van der Waals surface area contributed by atoms with E-state index in [1.54, 1.807) is 0 Å². The van der Waals surface area contributed by atoms with Gasteiger partial charge in [0.25, 0.3) is 0 Å². The fourth-order valence-corrected chi connectivity index (χ4v) is 2.23.